The van der Waals surface area contributed by atoms with Crippen molar-refractivity contribution in [3.63, 3.8) is 0 Å². The number of aliphatic imine (C=N–C) groups is 1. The number of guanidine groups is 1. The number of benzene rings is 2. The van der Waals surface area contributed by atoms with E-state index < -0.39 is 0 Å². The zero-order chi connectivity index (χ0) is 20.8. The lowest BCUT2D eigenvalue weighted by Gasteiger charge is -2.11. The highest BCUT2D eigenvalue weighted by molar-refractivity contribution is 6.30. The van der Waals surface area contributed by atoms with E-state index in [1.54, 1.807) is 12.1 Å². The molecule has 0 aliphatic carbocycles. The zero-order valence-electron chi connectivity index (χ0n) is 16.8. The van der Waals surface area contributed by atoms with E-state index in [1.807, 2.05) is 19.1 Å². The monoisotopic (exact) mass is 425 g/mol. The van der Waals surface area contributed by atoms with Gasteiger partial charge in [-0.05, 0) is 54.8 Å². The maximum Gasteiger partial charge on any atom is 0.248 e. The minimum atomic E-state index is 0.298. The Morgan fingerprint density at radius 1 is 1.17 bits per heavy atom. The molecule has 7 nitrogen and oxygen atoms in total. The second-order valence-corrected chi connectivity index (χ2v) is 7.37. The van der Waals surface area contributed by atoms with Crippen molar-refractivity contribution >= 4 is 17.6 Å². The standard InChI is InChI=1S/C22H24ClN5O2/c1-2-24-22(25-11-9-15-3-8-19-17(13-15)10-12-29-19)26-14-20-27-21(28-30-20)16-4-6-18(23)7-5-16/h3-8,13H,2,9-12,14H2,1H3,(H2,24,25,26). The molecule has 3 aromatic rings. The Morgan fingerprint density at radius 2 is 2.03 bits per heavy atom. The van der Waals surface area contributed by atoms with E-state index in [9.17, 15) is 0 Å². The van der Waals surface area contributed by atoms with Crippen LogP contribution in [0.2, 0.25) is 5.02 Å². The molecule has 1 aliphatic heterocycles. The smallest absolute Gasteiger partial charge is 0.248 e. The summed E-state index contributed by atoms with van der Waals surface area (Å²) < 4.78 is 10.9. The normalized spacial score (nSPS) is 13.1. The van der Waals surface area contributed by atoms with Gasteiger partial charge in [-0.15, -0.1) is 0 Å². The number of rotatable bonds is 7. The van der Waals surface area contributed by atoms with E-state index in [2.05, 4.69) is 44.0 Å². The lowest BCUT2D eigenvalue weighted by molar-refractivity contribution is 0.357. The number of nitrogens with zero attached hydrogens (tertiary/aromatic N) is 3. The van der Waals surface area contributed by atoms with Crippen molar-refractivity contribution in [2.75, 3.05) is 19.7 Å². The van der Waals surface area contributed by atoms with Crippen LogP contribution in [-0.2, 0) is 19.4 Å². The minimum Gasteiger partial charge on any atom is -0.493 e. The molecule has 30 heavy (non-hydrogen) atoms. The number of hydrogen-bond acceptors (Lipinski definition) is 5. The van der Waals surface area contributed by atoms with Crippen LogP contribution in [0.4, 0.5) is 0 Å². The molecule has 0 saturated heterocycles. The van der Waals surface area contributed by atoms with Gasteiger partial charge >= 0.3 is 0 Å². The van der Waals surface area contributed by atoms with Gasteiger partial charge in [-0.25, -0.2) is 4.99 Å². The average Bonchev–Trinajstić information content (AvgIpc) is 3.42. The van der Waals surface area contributed by atoms with Crippen molar-refractivity contribution in [1.82, 2.24) is 20.8 Å². The third kappa shape index (κ3) is 5.10. The van der Waals surface area contributed by atoms with Crippen molar-refractivity contribution in [3.05, 3.63) is 64.5 Å². The molecule has 8 heteroatoms. The number of halogens is 1. The topological polar surface area (TPSA) is 84.6 Å². The van der Waals surface area contributed by atoms with Crippen molar-refractivity contribution < 1.29 is 9.26 Å². The number of ether oxygens (including phenoxy) is 1. The molecular weight excluding hydrogens is 402 g/mol. The summed E-state index contributed by atoms with van der Waals surface area (Å²) in [6.45, 7) is 4.64. The third-order valence-electron chi connectivity index (χ3n) is 4.75. The summed E-state index contributed by atoms with van der Waals surface area (Å²) in [5.74, 6) is 2.71. The molecule has 0 spiro atoms. The summed E-state index contributed by atoms with van der Waals surface area (Å²) in [4.78, 5) is 8.96. The highest BCUT2D eigenvalue weighted by Gasteiger charge is 2.12. The molecule has 0 bridgehead atoms. The Bertz CT molecular complexity index is 1020. The lowest BCUT2D eigenvalue weighted by Crippen LogP contribution is -2.38. The molecule has 2 heterocycles. The van der Waals surface area contributed by atoms with Gasteiger partial charge in [0.05, 0.1) is 6.61 Å². The first kappa shape index (κ1) is 20.2. The van der Waals surface area contributed by atoms with Gasteiger partial charge < -0.3 is 19.9 Å². The van der Waals surface area contributed by atoms with E-state index in [4.69, 9.17) is 20.9 Å². The first-order chi connectivity index (χ1) is 14.7. The van der Waals surface area contributed by atoms with Crippen LogP contribution in [0.25, 0.3) is 11.4 Å². The second kappa shape index (κ2) is 9.63. The van der Waals surface area contributed by atoms with E-state index >= 15 is 0 Å². The first-order valence-corrected chi connectivity index (χ1v) is 10.4. The Kier molecular flexibility index (Phi) is 6.49. The highest BCUT2D eigenvalue weighted by atomic mass is 35.5. The lowest BCUT2D eigenvalue weighted by atomic mass is 10.1. The molecule has 0 saturated carbocycles. The molecule has 156 valence electrons. The molecule has 2 N–H and O–H groups in total. The molecule has 0 fully saturated rings. The van der Waals surface area contributed by atoms with Crippen LogP contribution in [0.5, 0.6) is 5.75 Å². The van der Waals surface area contributed by atoms with Crippen molar-refractivity contribution in [1.29, 1.82) is 0 Å². The average molecular weight is 426 g/mol. The maximum absolute atomic E-state index is 5.92. The van der Waals surface area contributed by atoms with Gasteiger partial charge in [0.15, 0.2) is 5.96 Å². The number of nitrogens with one attached hydrogen (secondary N) is 2. The van der Waals surface area contributed by atoms with Gasteiger partial charge in [0.1, 0.15) is 12.3 Å². The minimum absolute atomic E-state index is 0.298. The molecule has 0 unspecified atom stereocenters. The molecule has 0 atom stereocenters. The fourth-order valence-corrected chi connectivity index (χ4v) is 3.37. The van der Waals surface area contributed by atoms with Crippen molar-refractivity contribution in [2.24, 2.45) is 4.99 Å². The van der Waals surface area contributed by atoms with E-state index in [0.29, 0.717) is 29.2 Å². The van der Waals surface area contributed by atoms with Gasteiger partial charge in [0.25, 0.3) is 0 Å². The summed E-state index contributed by atoms with van der Waals surface area (Å²) in [6, 6.07) is 13.7. The predicted molar refractivity (Wildman–Crippen MR) is 117 cm³/mol. The summed E-state index contributed by atoms with van der Waals surface area (Å²) in [7, 11) is 0. The Hall–Kier alpha value is -3.06. The predicted octanol–water partition coefficient (Wildman–Crippen LogP) is 3.62. The van der Waals surface area contributed by atoms with Crippen molar-refractivity contribution in [2.45, 2.75) is 26.3 Å². The van der Waals surface area contributed by atoms with Crippen LogP contribution < -0.4 is 15.4 Å². The van der Waals surface area contributed by atoms with E-state index in [-0.39, 0.29) is 0 Å². The largest absolute Gasteiger partial charge is 0.493 e. The molecular formula is C22H24ClN5O2. The Labute approximate surface area is 180 Å². The fourth-order valence-electron chi connectivity index (χ4n) is 3.24. The summed E-state index contributed by atoms with van der Waals surface area (Å²) in [5, 5.41) is 11.3. The quantitative estimate of drug-likeness (QED) is 0.444. The molecule has 4 rings (SSSR count). The van der Waals surface area contributed by atoms with Crippen LogP contribution >= 0.6 is 11.6 Å². The zero-order valence-corrected chi connectivity index (χ0v) is 17.6. The molecule has 0 radical (unpaired) electrons. The van der Waals surface area contributed by atoms with Crippen LogP contribution in [0.3, 0.4) is 0 Å². The molecule has 2 aromatic carbocycles. The SMILES string of the molecule is CCNC(=NCc1nc(-c2ccc(Cl)cc2)no1)NCCc1ccc2c(c1)CCO2. The van der Waals surface area contributed by atoms with Gasteiger partial charge in [0.2, 0.25) is 11.7 Å². The highest BCUT2D eigenvalue weighted by Crippen LogP contribution is 2.25. The fraction of sp³-hybridized carbons (Fsp3) is 0.318. The molecule has 1 aromatic heterocycles. The Balaban J connectivity index is 1.33. The van der Waals surface area contributed by atoms with Crippen LogP contribution in [0.1, 0.15) is 23.9 Å². The summed E-state index contributed by atoms with van der Waals surface area (Å²) in [6.07, 6.45) is 1.89. The number of aromatic nitrogens is 2. The molecule has 1 aliphatic rings. The second-order valence-electron chi connectivity index (χ2n) is 6.93. The van der Waals surface area contributed by atoms with Gasteiger partial charge in [-0.2, -0.15) is 4.98 Å². The number of fused-ring (bicyclic) bond motifs is 1. The molecule has 0 amide bonds. The van der Waals surface area contributed by atoms with Gasteiger partial charge in [0, 0.05) is 30.1 Å². The third-order valence-corrected chi connectivity index (χ3v) is 5.00. The van der Waals surface area contributed by atoms with E-state index in [1.165, 1.54) is 11.1 Å². The van der Waals surface area contributed by atoms with Gasteiger partial charge in [-0.3, -0.25) is 0 Å². The van der Waals surface area contributed by atoms with Gasteiger partial charge in [-0.1, -0.05) is 28.9 Å². The van der Waals surface area contributed by atoms with Crippen LogP contribution in [0, 0.1) is 0 Å². The number of hydrogen-bond donors (Lipinski definition) is 2. The maximum atomic E-state index is 5.92. The summed E-state index contributed by atoms with van der Waals surface area (Å²) in [5.41, 5.74) is 3.43. The summed E-state index contributed by atoms with van der Waals surface area (Å²) >= 11 is 5.92. The first-order valence-electron chi connectivity index (χ1n) is 10.1. The van der Waals surface area contributed by atoms with Crippen LogP contribution in [-0.4, -0.2) is 35.8 Å². The van der Waals surface area contributed by atoms with Crippen molar-refractivity contribution in [3.8, 4) is 17.1 Å². The van der Waals surface area contributed by atoms with E-state index in [0.717, 1.165) is 43.9 Å². The Morgan fingerprint density at radius 3 is 2.87 bits per heavy atom. The van der Waals surface area contributed by atoms with Crippen LogP contribution in [0.15, 0.2) is 52.0 Å².